The maximum atomic E-state index is 11.4. The van der Waals surface area contributed by atoms with Gasteiger partial charge in [-0.2, -0.15) is 11.8 Å². The highest BCUT2D eigenvalue weighted by Gasteiger charge is 2.33. The topological polar surface area (TPSA) is 49.4 Å². The van der Waals surface area contributed by atoms with Crippen LogP contribution in [0.4, 0.5) is 0 Å². The van der Waals surface area contributed by atoms with E-state index >= 15 is 0 Å². The maximum absolute atomic E-state index is 11.4. The minimum absolute atomic E-state index is 0.0660. The van der Waals surface area contributed by atoms with Crippen LogP contribution >= 0.6 is 11.8 Å². The van der Waals surface area contributed by atoms with Crippen molar-refractivity contribution in [1.82, 2.24) is 10.2 Å². The zero-order valence-electron chi connectivity index (χ0n) is 7.28. The summed E-state index contributed by atoms with van der Waals surface area (Å²) in [6.45, 7) is 0.625. The van der Waals surface area contributed by atoms with E-state index in [2.05, 4.69) is 5.32 Å². The molecule has 5 heteroatoms. The predicted molar refractivity (Wildman–Crippen MR) is 50.5 cm³/mol. The average molecular weight is 200 g/mol. The lowest BCUT2D eigenvalue weighted by Gasteiger charge is -2.30. The highest BCUT2D eigenvalue weighted by Crippen LogP contribution is 2.23. The third kappa shape index (κ3) is 1.71. The lowest BCUT2D eigenvalue weighted by atomic mass is 10.2. The largest absolute Gasteiger partial charge is 0.300 e. The number of amides is 2. The van der Waals surface area contributed by atoms with Crippen LogP contribution < -0.4 is 5.32 Å². The summed E-state index contributed by atoms with van der Waals surface area (Å²) in [6, 6.07) is 0.159. The molecule has 0 aromatic carbocycles. The molecule has 2 aliphatic rings. The molecule has 72 valence electrons. The van der Waals surface area contributed by atoms with Crippen LogP contribution in [0, 0.1) is 0 Å². The van der Waals surface area contributed by atoms with Crippen molar-refractivity contribution in [1.29, 1.82) is 0 Å². The molecule has 2 rings (SSSR count). The van der Waals surface area contributed by atoms with Crippen LogP contribution in [0.5, 0.6) is 0 Å². The molecule has 0 aliphatic carbocycles. The first-order valence-corrected chi connectivity index (χ1v) is 5.58. The smallest absolute Gasteiger partial charge is 0.243 e. The third-order valence-corrected chi connectivity index (χ3v) is 3.51. The van der Waals surface area contributed by atoms with E-state index in [0.717, 1.165) is 17.9 Å². The molecule has 1 N–H and O–H groups in total. The van der Waals surface area contributed by atoms with Crippen LogP contribution in [0.25, 0.3) is 0 Å². The Morgan fingerprint density at radius 1 is 1.31 bits per heavy atom. The van der Waals surface area contributed by atoms with Crippen molar-refractivity contribution in [3.8, 4) is 0 Å². The van der Waals surface area contributed by atoms with E-state index in [9.17, 15) is 9.59 Å². The molecule has 1 unspecified atom stereocenters. The van der Waals surface area contributed by atoms with Crippen molar-refractivity contribution in [2.24, 2.45) is 0 Å². The van der Waals surface area contributed by atoms with Gasteiger partial charge >= 0.3 is 0 Å². The molecule has 1 atom stereocenters. The number of carbonyl (C=O) groups excluding carboxylic acids is 2. The number of hydrogen-bond donors (Lipinski definition) is 1. The molecular formula is C8H12N2O2S. The molecule has 2 saturated heterocycles. The van der Waals surface area contributed by atoms with Gasteiger partial charge in [0.25, 0.3) is 0 Å². The first-order chi connectivity index (χ1) is 6.29. The molecule has 4 nitrogen and oxygen atoms in total. The number of hydrogen-bond acceptors (Lipinski definition) is 4. The molecular weight excluding hydrogens is 188 g/mol. The Hall–Kier alpha value is -0.550. The van der Waals surface area contributed by atoms with Crippen molar-refractivity contribution in [3.05, 3.63) is 0 Å². The summed E-state index contributed by atoms with van der Waals surface area (Å²) in [5.41, 5.74) is 0. The van der Waals surface area contributed by atoms with Gasteiger partial charge in [-0.1, -0.05) is 0 Å². The Labute approximate surface area is 81.0 Å². The quantitative estimate of drug-likeness (QED) is 0.577. The standard InChI is InChI=1S/C8H12N2O2S/c11-7-3-9-4-8(12)10(7)6-1-2-13-5-6/h6,9H,1-5H2. The van der Waals surface area contributed by atoms with Gasteiger partial charge in [-0.05, 0) is 12.2 Å². The third-order valence-electron chi connectivity index (χ3n) is 2.36. The van der Waals surface area contributed by atoms with Gasteiger partial charge in [0, 0.05) is 11.8 Å². The zero-order valence-corrected chi connectivity index (χ0v) is 8.10. The predicted octanol–water partition coefficient (Wildman–Crippen LogP) is -0.550. The van der Waals surface area contributed by atoms with Crippen molar-refractivity contribution in [2.75, 3.05) is 24.6 Å². The lowest BCUT2D eigenvalue weighted by molar-refractivity contribution is -0.148. The number of imide groups is 1. The summed E-state index contributed by atoms with van der Waals surface area (Å²) in [7, 11) is 0. The molecule has 13 heavy (non-hydrogen) atoms. The molecule has 0 spiro atoms. The first kappa shape index (κ1) is 9.02. The summed E-state index contributed by atoms with van der Waals surface area (Å²) < 4.78 is 0. The van der Waals surface area contributed by atoms with Crippen molar-refractivity contribution in [3.63, 3.8) is 0 Å². The van der Waals surface area contributed by atoms with E-state index in [1.165, 1.54) is 4.90 Å². The van der Waals surface area contributed by atoms with Gasteiger partial charge in [0.2, 0.25) is 11.8 Å². The zero-order chi connectivity index (χ0) is 9.26. The van der Waals surface area contributed by atoms with Crippen LogP contribution in [-0.2, 0) is 9.59 Å². The fraction of sp³-hybridized carbons (Fsp3) is 0.750. The van der Waals surface area contributed by atoms with Crippen LogP contribution in [-0.4, -0.2) is 47.4 Å². The molecule has 0 bridgehead atoms. The van der Waals surface area contributed by atoms with Gasteiger partial charge in [-0.3, -0.25) is 19.8 Å². The van der Waals surface area contributed by atoms with Gasteiger partial charge in [0.1, 0.15) is 0 Å². The van der Waals surface area contributed by atoms with Gasteiger partial charge in [0.05, 0.1) is 13.1 Å². The van der Waals surface area contributed by atoms with Gasteiger partial charge in [0.15, 0.2) is 0 Å². The Morgan fingerprint density at radius 3 is 2.54 bits per heavy atom. The molecule has 2 fully saturated rings. The Balaban J connectivity index is 2.08. The second-order valence-electron chi connectivity index (χ2n) is 3.28. The normalized spacial score (nSPS) is 29.8. The monoisotopic (exact) mass is 200 g/mol. The summed E-state index contributed by atoms with van der Waals surface area (Å²) in [4.78, 5) is 24.3. The fourth-order valence-corrected chi connectivity index (χ4v) is 2.91. The number of piperazine rings is 1. The van der Waals surface area contributed by atoms with E-state index in [4.69, 9.17) is 0 Å². The number of rotatable bonds is 1. The Kier molecular flexibility index (Phi) is 2.55. The minimum Gasteiger partial charge on any atom is -0.300 e. The fourth-order valence-electron chi connectivity index (χ4n) is 1.72. The van der Waals surface area contributed by atoms with Crippen LogP contribution in [0.2, 0.25) is 0 Å². The van der Waals surface area contributed by atoms with Gasteiger partial charge < -0.3 is 0 Å². The Bertz CT molecular complexity index is 222. The summed E-state index contributed by atoms with van der Waals surface area (Å²) in [5.74, 6) is 1.85. The molecule has 0 radical (unpaired) electrons. The van der Waals surface area contributed by atoms with Crippen LogP contribution in [0.1, 0.15) is 6.42 Å². The van der Waals surface area contributed by atoms with Gasteiger partial charge in [-0.15, -0.1) is 0 Å². The molecule has 2 amide bonds. The number of nitrogens with one attached hydrogen (secondary N) is 1. The first-order valence-electron chi connectivity index (χ1n) is 4.42. The lowest BCUT2D eigenvalue weighted by Crippen LogP contribution is -2.56. The minimum atomic E-state index is -0.0660. The molecule has 0 saturated carbocycles. The average Bonchev–Trinajstić information content (AvgIpc) is 2.57. The second-order valence-corrected chi connectivity index (χ2v) is 4.43. The Morgan fingerprint density at radius 2 is 2.00 bits per heavy atom. The van der Waals surface area contributed by atoms with E-state index in [0.29, 0.717) is 13.1 Å². The van der Waals surface area contributed by atoms with Crippen molar-refractivity contribution < 1.29 is 9.59 Å². The number of nitrogens with zero attached hydrogens (tertiary/aromatic N) is 1. The molecule has 0 aromatic rings. The maximum Gasteiger partial charge on any atom is 0.243 e. The summed E-state index contributed by atoms with van der Waals surface area (Å²) >= 11 is 1.81. The SMILES string of the molecule is O=C1CNCC(=O)N1C1CCSC1. The summed E-state index contributed by atoms with van der Waals surface area (Å²) in [5, 5.41) is 2.79. The van der Waals surface area contributed by atoms with Gasteiger partial charge in [-0.25, -0.2) is 0 Å². The van der Waals surface area contributed by atoms with E-state index in [-0.39, 0.29) is 17.9 Å². The summed E-state index contributed by atoms with van der Waals surface area (Å²) in [6.07, 6.45) is 0.960. The van der Waals surface area contributed by atoms with Crippen molar-refractivity contribution >= 4 is 23.6 Å². The van der Waals surface area contributed by atoms with E-state index in [1.807, 2.05) is 11.8 Å². The highest BCUT2D eigenvalue weighted by atomic mass is 32.2. The second kappa shape index (κ2) is 3.67. The van der Waals surface area contributed by atoms with E-state index < -0.39 is 0 Å². The van der Waals surface area contributed by atoms with Crippen LogP contribution in [0.15, 0.2) is 0 Å². The van der Waals surface area contributed by atoms with Crippen molar-refractivity contribution in [2.45, 2.75) is 12.5 Å². The number of thioether (sulfide) groups is 1. The molecule has 2 aliphatic heterocycles. The van der Waals surface area contributed by atoms with E-state index in [1.54, 1.807) is 0 Å². The molecule has 0 aromatic heterocycles. The molecule has 2 heterocycles. The highest BCUT2D eigenvalue weighted by molar-refractivity contribution is 7.99. The number of carbonyl (C=O) groups is 2. The van der Waals surface area contributed by atoms with Crippen LogP contribution in [0.3, 0.4) is 0 Å².